The standard InChI is InChI=1S/C24H17NS/c1-2-7-16(8-3-1)22-21-19-11-6-10-17(15-13-14-15)23(19)26-24(21)18-9-4-5-12-20(18)25-22/h1-12,15H,13-14H2. The molecule has 124 valence electrons. The molecule has 0 N–H and O–H groups in total. The number of pyridine rings is 1. The molecule has 0 amide bonds. The minimum absolute atomic E-state index is 0.756. The van der Waals surface area contributed by atoms with E-state index in [4.69, 9.17) is 4.98 Å². The average molecular weight is 351 g/mol. The number of benzene rings is 3. The molecule has 5 aromatic rings. The van der Waals surface area contributed by atoms with Crippen molar-refractivity contribution in [3.63, 3.8) is 0 Å². The largest absolute Gasteiger partial charge is 0.247 e. The Morgan fingerprint density at radius 3 is 2.35 bits per heavy atom. The van der Waals surface area contributed by atoms with E-state index in [-0.39, 0.29) is 0 Å². The zero-order chi connectivity index (χ0) is 17.1. The van der Waals surface area contributed by atoms with Gasteiger partial charge in [0.1, 0.15) is 0 Å². The van der Waals surface area contributed by atoms with Crippen molar-refractivity contribution in [1.82, 2.24) is 4.98 Å². The molecular formula is C24H17NS. The minimum atomic E-state index is 0.756. The highest BCUT2D eigenvalue weighted by atomic mass is 32.1. The van der Waals surface area contributed by atoms with Gasteiger partial charge in [0.15, 0.2) is 0 Å². The van der Waals surface area contributed by atoms with E-state index in [9.17, 15) is 0 Å². The van der Waals surface area contributed by atoms with Crippen molar-refractivity contribution in [3.05, 3.63) is 78.4 Å². The first kappa shape index (κ1) is 14.5. The highest BCUT2D eigenvalue weighted by molar-refractivity contribution is 7.27. The SMILES string of the molecule is c1ccc(-c2nc3ccccc3c3sc4c(C5CC5)cccc4c23)cc1. The van der Waals surface area contributed by atoms with Crippen LogP contribution >= 0.6 is 11.3 Å². The normalized spacial score (nSPS) is 14.5. The third kappa shape index (κ3) is 2.06. The molecular weight excluding hydrogens is 334 g/mol. The Balaban J connectivity index is 1.84. The predicted molar refractivity (Wildman–Crippen MR) is 112 cm³/mol. The van der Waals surface area contributed by atoms with Gasteiger partial charge in [0.05, 0.1) is 11.2 Å². The molecule has 0 saturated heterocycles. The molecule has 2 heteroatoms. The highest BCUT2D eigenvalue weighted by Gasteiger charge is 2.27. The van der Waals surface area contributed by atoms with Gasteiger partial charge in [-0.3, -0.25) is 0 Å². The van der Waals surface area contributed by atoms with Crippen molar-refractivity contribution >= 4 is 42.4 Å². The number of rotatable bonds is 2. The van der Waals surface area contributed by atoms with Crippen LogP contribution in [0.4, 0.5) is 0 Å². The summed E-state index contributed by atoms with van der Waals surface area (Å²) in [5.41, 5.74) is 4.92. The number of thiophene rings is 1. The van der Waals surface area contributed by atoms with Crippen LogP contribution < -0.4 is 0 Å². The van der Waals surface area contributed by atoms with Crippen LogP contribution in [-0.2, 0) is 0 Å². The fourth-order valence-electron chi connectivity index (χ4n) is 4.03. The third-order valence-electron chi connectivity index (χ3n) is 5.43. The van der Waals surface area contributed by atoms with Crippen molar-refractivity contribution in [2.45, 2.75) is 18.8 Å². The molecule has 1 saturated carbocycles. The molecule has 1 aliphatic rings. The number of para-hydroxylation sites is 1. The smallest absolute Gasteiger partial charge is 0.0802 e. The molecule has 26 heavy (non-hydrogen) atoms. The van der Waals surface area contributed by atoms with E-state index in [0.717, 1.165) is 17.1 Å². The maximum absolute atomic E-state index is 5.09. The average Bonchev–Trinajstić information content (AvgIpc) is 3.47. The lowest BCUT2D eigenvalue weighted by Gasteiger charge is -2.07. The molecule has 0 unspecified atom stereocenters. The predicted octanol–water partition coefficient (Wildman–Crippen LogP) is 7.15. The molecule has 1 fully saturated rings. The second-order valence-corrected chi connectivity index (χ2v) is 8.17. The number of fused-ring (bicyclic) bond motifs is 5. The van der Waals surface area contributed by atoms with Gasteiger partial charge in [-0.15, -0.1) is 11.3 Å². The van der Waals surface area contributed by atoms with Crippen LogP contribution in [0.5, 0.6) is 0 Å². The van der Waals surface area contributed by atoms with Gasteiger partial charge in [-0.1, -0.05) is 66.7 Å². The fraction of sp³-hybridized carbons (Fsp3) is 0.125. The Hall–Kier alpha value is -2.71. The Labute approximate surface area is 155 Å². The van der Waals surface area contributed by atoms with Gasteiger partial charge < -0.3 is 0 Å². The summed E-state index contributed by atoms with van der Waals surface area (Å²) in [4.78, 5) is 5.09. The number of aromatic nitrogens is 1. The van der Waals surface area contributed by atoms with E-state index in [0.29, 0.717) is 0 Å². The Bertz CT molecular complexity index is 1280. The van der Waals surface area contributed by atoms with E-state index in [1.807, 2.05) is 11.3 Å². The third-order valence-corrected chi connectivity index (χ3v) is 6.72. The van der Waals surface area contributed by atoms with Gasteiger partial charge in [-0.2, -0.15) is 0 Å². The maximum atomic E-state index is 5.09. The summed E-state index contributed by atoms with van der Waals surface area (Å²) >= 11 is 1.95. The summed E-state index contributed by atoms with van der Waals surface area (Å²) in [7, 11) is 0. The van der Waals surface area contributed by atoms with E-state index < -0.39 is 0 Å². The molecule has 3 aromatic carbocycles. The van der Waals surface area contributed by atoms with E-state index in [1.54, 1.807) is 0 Å². The maximum Gasteiger partial charge on any atom is 0.0802 e. The topological polar surface area (TPSA) is 12.9 Å². The summed E-state index contributed by atoms with van der Waals surface area (Å²) in [5.74, 6) is 0.756. The monoisotopic (exact) mass is 351 g/mol. The second-order valence-electron chi connectivity index (χ2n) is 7.15. The van der Waals surface area contributed by atoms with Crippen LogP contribution in [0.3, 0.4) is 0 Å². The molecule has 1 aliphatic carbocycles. The van der Waals surface area contributed by atoms with Crippen LogP contribution in [0, 0.1) is 0 Å². The molecule has 0 atom stereocenters. The van der Waals surface area contributed by atoms with E-state index in [2.05, 4.69) is 72.8 Å². The molecule has 6 rings (SSSR count). The van der Waals surface area contributed by atoms with Gasteiger partial charge in [0.25, 0.3) is 0 Å². The molecule has 2 aromatic heterocycles. The summed E-state index contributed by atoms with van der Waals surface area (Å²) in [6.07, 6.45) is 2.66. The van der Waals surface area contributed by atoms with Crippen molar-refractivity contribution in [2.75, 3.05) is 0 Å². The van der Waals surface area contributed by atoms with Crippen LogP contribution in [0.25, 0.3) is 42.3 Å². The minimum Gasteiger partial charge on any atom is -0.247 e. The van der Waals surface area contributed by atoms with Gasteiger partial charge in [-0.05, 0) is 30.4 Å². The number of nitrogens with zero attached hydrogens (tertiary/aromatic N) is 1. The first-order valence-corrected chi connectivity index (χ1v) is 10.0. The number of hydrogen-bond acceptors (Lipinski definition) is 2. The first-order valence-electron chi connectivity index (χ1n) is 9.19. The van der Waals surface area contributed by atoms with Crippen LogP contribution in [-0.4, -0.2) is 4.98 Å². The van der Waals surface area contributed by atoms with E-state index in [1.165, 1.54) is 49.5 Å². The Kier molecular flexibility index (Phi) is 3.00. The summed E-state index contributed by atoms with van der Waals surface area (Å²) < 4.78 is 2.83. The summed E-state index contributed by atoms with van der Waals surface area (Å²) in [6, 6.07) is 26.0. The van der Waals surface area contributed by atoms with Crippen molar-refractivity contribution in [1.29, 1.82) is 0 Å². The summed E-state index contributed by atoms with van der Waals surface area (Å²) in [6.45, 7) is 0. The second kappa shape index (κ2) is 5.39. The molecule has 0 radical (unpaired) electrons. The van der Waals surface area contributed by atoms with Gasteiger partial charge >= 0.3 is 0 Å². The van der Waals surface area contributed by atoms with Crippen LogP contribution in [0.15, 0.2) is 72.8 Å². The molecule has 0 bridgehead atoms. The Morgan fingerprint density at radius 2 is 1.50 bits per heavy atom. The summed E-state index contributed by atoms with van der Waals surface area (Å²) in [5, 5.41) is 3.95. The van der Waals surface area contributed by atoms with Crippen LogP contribution in [0.1, 0.15) is 24.3 Å². The first-order chi connectivity index (χ1) is 12.9. The van der Waals surface area contributed by atoms with Gasteiger partial charge in [0.2, 0.25) is 0 Å². The zero-order valence-corrected chi connectivity index (χ0v) is 15.1. The van der Waals surface area contributed by atoms with E-state index >= 15 is 0 Å². The van der Waals surface area contributed by atoms with Gasteiger partial charge in [0, 0.05) is 31.1 Å². The van der Waals surface area contributed by atoms with Crippen LogP contribution in [0.2, 0.25) is 0 Å². The Morgan fingerprint density at radius 1 is 0.731 bits per heavy atom. The van der Waals surface area contributed by atoms with Crippen molar-refractivity contribution in [2.24, 2.45) is 0 Å². The zero-order valence-electron chi connectivity index (χ0n) is 14.3. The number of hydrogen-bond donors (Lipinski definition) is 0. The lowest BCUT2D eigenvalue weighted by molar-refractivity contribution is 1.16. The lowest BCUT2D eigenvalue weighted by Crippen LogP contribution is -1.87. The molecule has 0 aliphatic heterocycles. The fourth-order valence-corrected chi connectivity index (χ4v) is 5.45. The van der Waals surface area contributed by atoms with Crippen molar-refractivity contribution < 1.29 is 0 Å². The molecule has 2 heterocycles. The molecule has 1 nitrogen and oxygen atoms in total. The van der Waals surface area contributed by atoms with Crippen molar-refractivity contribution in [3.8, 4) is 11.3 Å². The highest BCUT2D eigenvalue weighted by Crippen LogP contribution is 2.49. The molecule has 0 spiro atoms. The lowest BCUT2D eigenvalue weighted by atomic mass is 10.0. The quantitative estimate of drug-likeness (QED) is 0.329. The van der Waals surface area contributed by atoms with Gasteiger partial charge in [-0.25, -0.2) is 4.98 Å².